The normalized spacial score (nSPS) is 10.0. The highest BCUT2D eigenvalue weighted by atomic mass is 32.1. The molecule has 7 heteroatoms. The van der Waals surface area contributed by atoms with Crippen LogP contribution < -0.4 is 20.9 Å². The Morgan fingerprint density at radius 1 is 0.857 bits per heavy atom. The fourth-order valence-electron chi connectivity index (χ4n) is 2.40. The van der Waals surface area contributed by atoms with Crippen LogP contribution in [0.1, 0.15) is 0 Å². The minimum absolute atomic E-state index is 0.0608. The molecule has 3 N–H and O–H groups in total. The Morgan fingerprint density at radius 3 is 2.21 bits per heavy atom. The maximum atomic E-state index is 13.5. The average molecular weight is 395 g/mol. The van der Waals surface area contributed by atoms with Crippen LogP contribution in [0.3, 0.4) is 0 Å². The molecule has 0 aliphatic carbocycles. The summed E-state index contributed by atoms with van der Waals surface area (Å²) in [5.41, 5.74) is 7.26. The number of para-hydroxylation sites is 1. The first kappa shape index (κ1) is 19.3. The second-order valence-corrected chi connectivity index (χ2v) is 6.19. The van der Waals surface area contributed by atoms with E-state index < -0.39 is 11.7 Å². The van der Waals surface area contributed by atoms with Crippen LogP contribution in [0.4, 0.5) is 10.1 Å². The highest BCUT2D eigenvalue weighted by Crippen LogP contribution is 2.21. The summed E-state index contributed by atoms with van der Waals surface area (Å²) >= 11 is 5.01. The summed E-state index contributed by atoms with van der Waals surface area (Å²) in [6.07, 6.45) is 0. The van der Waals surface area contributed by atoms with E-state index in [4.69, 9.17) is 17.0 Å². The molecule has 0 heterocycles. The maximum Gasteiger partial charge on any atom is 0.276 e. The minimum atomic E-state index is -0.444. The van der Waals surface area contributed by atoms with Crippen molar-refractivity contribution in [3.8, 4) is 16.9 Å². The molecule has 28 heavy (non-hydrogen) atoms. The summed E-state index contributed by atoms with van der Waals surface area (Å²) in [5.74, 6) is -0.299. The van der Waals surface area contributed by atoms with Gasteiger partial charge in [0.15, 0.2) is 11.7 Å². The first-order valence-corrected chi connectivity index (χ1v) is 8.91. The van der Waals surface area contributed by atoms with E-state index in [1.165, 1.54) is 12.1 Å². The topological polar surface area (TPSA) is 62.4 Å². The Balaban J connectivity index is 1.43. The molecule has 0 saturated heterocycles. The molecule has 0 radical (unpaired) electrons. The highest BCUT2D eigenvalue weighted by molar-refractivity contribution is 7.80. The van der Waals surface area contributed by atoms with Crippen molar-refractivity contribution in [2.75, 3.05) is 11.9 Å². The summed E-state index contributed by atoms with van der Waals surface area (Å²) in [6.45, 7) is -0.194. The van der Waals surface area contributed by atoms with Gasteiger partial charge in [0.2, 0.25) is 0 Å². The third kappa shape index (κ3) is 5.52. The molecular formula is C21H18FN3O2S. The highest BCUT2D eigenvalue weighted by Gasteiger charge is 2.06. The number of anilines is 1. The van der Waals surface area contributed by atoms with Gasteiger partial charge in [-0.1, -0.05) is 54.6 Å². The van der Waals surface area contributed by atoms with Crippen LogP contribution in [-0.2, 0) is 4.79 Å². The van der Waals surface area contributed by atoms with Crippen LogP contribution >= 0.6 is 12.2 Å². The Bertz CT molecular complexity index is 949. The molecule has 0 bridgehead atoms. The standard InChI is InChI=1S/C21H18FN3O2S/c22-18-8-4-5-9-19(18)23-21(28)25-24-20(26)14-27-17-12-10-16(11-13-17)15-6-2-1-3-7-15/h1-13H,14H2,(H,24,26)(H2,23,25,28). The first-order chi connectivity index (χ1) is 13.6. The SMILES string of the molecule is O=C(COc1ccc(-c2ccccc2)cc1)NNC(=S)Nc1ccccc1F. The lowest BCUT2D eigenvalue weighted by Gasteiger charge is -2.12. The second-order valence-electron chi connectivity index (χ2n) is 5.79. The number of nitrogens with one attached hydrogen (secondary N) is 3. The third-order valence-corrected chi connectivity index (χ3v) is 3.97. The van der Waals surface area contributed by atoms with Gasteiger partial charge in [-0.15, -0.1) is 0 Å². The van der Waals surface area contributed by atoms with Crippen molar-refractivity contribution in [2.45, 2.75) is 0 Å². The minimum Gasteiger partial charge on any atom is -0.484 e. The lowest BCUT2D eigenvalue weighted by molar-refractivity contribution is -0.123. The van der Waals surface area contributed by atoms with Crippen molar-refractivity contribution in [1.82, 2.24) is 10.9 Å². The Hall–Kier alpha value is -3.45. The molecule has 3 rings (SSSR count). The summed E-state index contributed by atoms with van der Waals surface area (Å²) in [5, 5.41) is 2.71. The molecule has 0 atom stereocenters. The molecule has 0 fully saturated rings. The van der Waals surface area contributed by atoms with E-state index >= 15 is 0 Å². The third-order valence-electron chi connectivity index (χ3n) is 3.77. The molecule has 0 aliphatic heterocycles. The molecular weight excluding hydrogens is 377 g/mol. The zero-order valence-corrected chi connectivity index (χ0v) is 15.6. The number of hydrazine groups is 1. The van der Waals surface area contributed by atoms with E-state index in [-0.39, 0.29) is 17.4 Å². The van der Waals surface area contributed by atoms with Crippen LogP contribution in [-0.4, -0.2) is 17.6 Å². The average Bonchev–Trinajstić information content (AvgIpc) is 2.73. The number of thiocarbonyl (C=S) groups is 1. The van der Waals surface area contributed by atoms with E-state index in [9.17, 15) is 9.18 Å². The molecule has 0 spiro atoms. The zero-order chi connectivity index (χ0) is 19.8. The molecule has 0 unspecified atom stereocenters. The van der Waals surface area contributed by atoms with Crippen molar-refractivity contribution in [3.05, 3.63) is 84.7 Å². The number of hydrogen-bond donors (Lipinski definition) is 3. The largest absolute Gasteiger partial charge is 0.484 e. The van der Waals surface area contributed by atoms with Gasteiger partial charge in [0.25, 0.3) is 5.91 Å². The van der Waals surface area contributed by atoms with Crippen molar-refractivity contribution >= 4 is 28.9 Å². The fraction of sp³-hybridized carbons (Fsp3) is 0.0476. The Kier molecular flexibility index (Phi) is 6.54. The molecule has 142 valence electrons. The predicted octanol–water partition coefficient (Wildman–Crippen LogP) is 3.89. The van der Waals surface area contributed by atoms with Gasteiger partial charge < -0.3 is 10.1 Å². The quantitative estimate of drug-likeness (QED) is 0.452. The van der Waals surface area contributed by atoms with Gasteiger partial charge in [0.1, 0.15) is 11.6 Å². The second kappa shape index (κ2) is 9.48. The van der Waals surface area contributed by atoms with Crippen LogP contribution in [0.5, 0.6) is 5.75 Å². The summed E-state index contributed by atoms with van der Waals surface area (Å²) in [6, 6.07) is 23.5. The van der Waals surface area contributed by atoms with Gasteiger partial charge in [-0.05, 0) is 47.6 Å². The first-order valence-electron chi connectivity index (χ1n) is 8.50. The van der Waals surface area contributed by atoms with Gasteiger partial charge in [-0.25, -0.2) is 4.39 Å². The number of benzene rings is 3. The van der Waals surface area contributed by atoms with E-state index in [0.29, 0.717) is 5.75 Å². The summed E-state index contributed by atoms with van der Waals surface area (Å²) in [4.78, 5) is 11.9. The molecule has 0 aromatic heterocycles. The molecule has 0 aliphatic rings. The van der Waals surface area contributed by atoms with E-state index in [0.717, 1.165) is 11.1 Å². The van der Waals surface area contributed by atoms with Gasteiger partial charge in [0, 0.05) is 0 Å². The summed E-state index contributed by atoms with van der Waals surface area (Å²) < 4.78 is 19.0. The molecule has 5 nitrogen and oxygen atoms in total. The fourth-order valence-corrected chi connectivity index (χ4v) is 2.56. The van der Waals surface area contributed by atoms with E-state index in [1.54, 1.807) is 24.3 Å². The number of ether oxygens (including phenoxy) is 1. The van der Waals surface area contributed by atoms with E-state index in [2.05, 4.69) is 16.2 Å². The van der Waals surface area contributed by atoms with Crippen molar-refractivity contribution in [2.24, 2.45) is 0 Å². The number of hydrogen-bond acceptors (Lipinski definition) is 3. The van der Waals surface area contributed by atoms with Crippen LogP contribution in [0.15, 0.2) is 78.9 Å². The number of halogens is 1. The summed E-state index contributed by atoms with van der Waals surface area (Å²) in [7, 11) is 0. The Morgan fingerprint density at radius 2 is 1.50 bits per heavy atom. The number of rotatable bonds is 5. The molecule has 3 aromatic rings. The van der Waals surface area contributed by atoms with Crippen LogP contribution in [0.25, 0.3) is 11.1 Å². The van der Waals surface area contributed by atoms with Gasteiger partial charge >= 0.3 is 0 Å². The van der Waals surface area contributed by atoms with E-state index in [1.807, 2.05) is 42.5 Å². The monoisotopic (exact) mass is 395 g/mol. The molecule has 1 amide bonds. The zero-order valence-electron chi connectivity index (χ0n) is 14.8. The smallest absolute Gasteiger partial charge is 0.276 e. The van der Waals surface area contributed by atoms with Crippen molar-refractivity contribution < 1.29 is 13.9 Å². The van der Waals surface area contributed by atoms with Gasteiger partial charge in [0.05, 0.1) is 5.69 Å². The predicted molar refractivity (Wildman–Crippen MR) is 111 cm³/mol. The molecule has 0 saturated carbocycles. The number of amides is 1. The number of carbonyl (C=O) groups is 1. The van der Waals surface area contributed by atoms with Gasteiger partial charge in [-0.2, -0.15) is 0 Å². The van der Waals surface area contributed by atoms with Gasteiger partial charge in [-0.3, -0.25) is 15.6 Å². The number of carbonyl (C=O) groups excluding carboxylic acids is 1. The van der Waals surface area contributed by atoms with Crippen LogP contribution in [0, 0.1) is 5.82 Å². The Labute approximate surface area is 167 Å². The van der Waals surface area contributed by atoms with Crippen molar-refractivity contribution in [1.29, 1.82) is 0 Å². The van der Waals surface area contributed by atoms with Crippen LogP contribution in [0.2, 0.25) is 0 Å². The molecule has 3 aromatic carbocycles. The van der Waals surface area contributed by atoms with Crippen molar-refractivity contribution in [3.63, 3.8) is 0 Å². The maximum absolute atomic E-state index is 13.5. The lowest BCUT2D eigenvalue weighted by atomic mass is 10.1. The lowest BCUT2D eigenvalue weighted by Crippen LogP contribution is -2.45.